The van der Waals surface area contributed by atoms with E-state index >= 15 is 0 Å². The molecule has 206 valence electrons. The number of benzene rings is 3. The highest BCUT2D eigenvalue weighted by molar-refractivity contribution is 8.18. The molecule has 12 heteroatoms. The Hall–Kier alpha value is -3.50. The van der Waals surface area contributed by atoms with Gasteiger partial charge in [0, 0.05) is 26.9 Å². The molecule has 40 heavy (non-hydrogen) atoms. The van der Waals surface area contributed by atoms with Crippen LogP contribution in [0, 0.1) is 0 Å². The standard InChI is InChI=1S/C28H21Cl3N2O6S/c1-2-38-27(36)20-13-19(9-10-21(20)30)32-25(34)14-33-26(35)24(40-28(33)37)11-16-5-3-4-6-23(16)39-15-17-7-8-18(29)12-22(17)31/h3-13H,2,14-15H2,1H3,(H,32,34)/b24-11+. The van der Waals surface area contributed by atoms with Crippen molar-refractivity contribution in [3.63, 3.8) is 0 Å². The summed E-state index contributed by atoms with van der Waals surface area (Å²) in [5.41, 5.74) is 1.62. The number of rotatable bonds is 9. The van der Waals surface area contributed by atoms with E-state index in [0.717, 1.165) is 10.5 Å². The molecule has 1 fully saturated rings. The van der Waals surface area contributed by atoms with Gasteiger partial charge in [-0.05, 0) is 61.2 Å². The molecule has 0 aromatic heterocycles. The zero-order valence-electron chi connectivity index (χ0n) is 20.9. The van der Waals surface area contributed by atoms with Crippen LogP contribution in [0.3, 0.4) is 0 Å². The minimum atomic E-state index is -0.639. The van der Waals surface area contributed by atoms with Crippen molar-refractivity contribution in [1.82, 2.24) is 4.90 Å². The second-order valence-electron chi connectivity index (χ2n) is 8.29. The van der Waals surface area contributed by atoms with Crippen LogP contribution >= 0.6 is 46.6 Å². The van der Waals surface area contributed by atoms with E-state index < -0.39 is 29.6 Å². The zero-order valence-corrected chi connectivity index (χ0v) is 24.0. The van der Waals surface area contributed by atoms with E-state index in [4.69, 9.17) is 44.3 Å². The van der Waals surface area contributed by atoms with Crippen molar-refractivity contribution in [3.8, 4) is 5.75 Å². The van der Waals surface area contributed by atoms with Gasteiger partial charge in [0.05, 0.1) is 22.1 Å². The molecule has 0 atom stereocenters. The highest BCUT2D eigenvalue weighted by Crippen LogP contribution is 2.34. The fourth-order valence-electron chi connectivity index (χ4n) is 3.62. The number of anilines is 1. The number of halogens is 3. The summed E-state index contributed by atoms with van der Waals surface area (Å²) >= 11 is 19.0. The normalized spacial score (nSPS) is 14.0. The number of thioether (sulfide) groups is 1. The fraction of sp³-hybridized carbons (Fsp3) is 0.143. The molecule has 8 nitrogen and oxygen atoms in total. The van der Waals surface area contributed by atoms with Crippen molar-refractivity contribution < 1.29 is 28.7 Å². The van der Waals surface area contributed by atoms with Crippen LogP contribution < -0.4 is 10.1 Å². The Balaban J connectivity index is 1.44. The lowest BCUT2D eigenvalue weighted by Gasteiger charge is -2.13. The van der Waals surface area contributed by atoms with E-state index in [0.29, 0.717) is 33.1 Å². The highest BCUT2D eigenvalue weighted by Gasteiger charge is 2.36. The molecule has 1 aliphatic rings. The summed E-state index contributed by atoms with van der Waals surface area (Å²) in [6.07, 6.45) is 1.53. The molecule has 1 aliphatic heterocycles. The predicted octanol–water partition coefficient (Wildman–Crippen LogP) is 7.08. The summed E-state index contributed by atoms with van der Waals surface area (Å²) in [6, 6.07) is 16.4. The minimum Gasteiger partial charge on any atom is -0.488 e. The molecule has 0 radical (unpaired) electrons. The van der Waals surface area contributed by atoms with Crippen molar-refractivity contribution in [2.75, 3.05) is 18.5 Å². The summed E-state index contributed by atoms with van der Waals surface area (Å²) in [5.74, 6) is -1.42. The number of nitrogens with zero attached hydrogens (tertiary/aromatic N) is 1. The predicted molar refractivity (Wildman–Crippen MR) is 156 cm³/mol. The maximum absolute atomic E-state index is 13.0. The van der Waals surface area contributed by atoms with Gasteiger partial charge in [-0.3, -0.25) is 19.3 Å². The van der Waals surface area contributed by atoms with E-state index in [2.05, 4.69) is 5.32 Å². The molecule has 1 saturated heterocycles. The van der Waals surface area contributed by atoms with Gasteiger partial charge in [0.25, 0.3) is 11.1 Å². The van der Waals surface area contributed by atoms with Crippen LogP contribution in [0.25, 0.3) is 6.08 Å². The molecule has 0 bridgehead atoms. The average molecular weight is 620 g/mol. The number of hydrogen-bond acceptors (Lipinski definition) is 7. The molecule has 1 N–H and O–H groups in total. The van der Waals surface area contributed by atoms with Gasteiger partial charge in [-0.15, -0.1) is 0 Å². The van der Waals surface area contributed by atoms with Crippen molar-refractivity contribution in [2.45, 2.75) is 13.5 Å². The first-order chi connectivity index (χ1) is 19.2. The van der Waals surface area contributed by atoms with E-state index in [1.807, 2.05) is 0 Å². The topological polar surface area (TPSA) is 102 Å². The summed E-state index contributed by atoms with van der Waals surface area (Å²) in [6.45, 7) is 1.45. The van der Waals surface area contributed by atoms with Crippen LogP contribution in [0.4, 0.5) is 10.5 Å². The molecule has 3 aromatic rings. The number of para-hydroxylation sites is 1. The minimum absolute atomic E-state index is 0.0784. The van der Waals surface area contributed by atoms with Gasteiger partial charge in [-0.25, -0.2) is 4.79 Å². The zero-order chi connectivity index (χ0) is 28.8. The maximum atomic E-state index is 13.0. The molecule has 0 unspecified atom stereocenters. The van der Waals surface area contributed by atoms with Gasteiger partial charge in [-0.1, -0.05) is 59.1 Å². The Labute approximate surface area is 249 Å². The molecular formula is C28H21Cl3N2O6S. The van der Waals surface area contributed by atoms with Gasteiger partial charge < -0.3 is 14.8 Å². The summed E-state index contributed by atoms with van der Waals surface area (Å²) in [7, 11) is 0. The van der Waals surface area contributed by atoms with Crippen molar-refractivity contribution >= 4 is 81.4 Å². The fourth-order valence-corrected chi connectivity index (χ4v) is 5.10. The van der Waals surface area contributed by atoms with E-state index in [9.17, 15) is 19.2 Å². The summed E-state index contributed by atoms with van der Waals surface area (Å²) in [4.78, 5) is 51.3. The van der Waals surface area contributed by atoms with Crippen LogP contribution in [0.15, 0.2) is 65.6 Å². The molecule has 4 rings (SSSR count). The number of carbonyl (C=O) groups is 4. The number of esters is 1. The number of nitrogens with one attached hydrogen (secondary N) is 1. The SMILES string of the molecule is CCOC(=O)c1cc(NC(=O)CN2C(=O)S/C(=C/c3ccccc3OCc3ccc(Cl)cc3Cl)C2=O)ccc1Cl. The average Bonchev–Trinajstić information content (AvgIpc) is 3.17. The molecule has 0 aliphatic carbocycles. The van der Waals surface area contributed by atoms with Gasteiger partial charge in [-0.2, -0.15) is 0 Å². The van der Waals surface area contributed by atoms with Crippen LogP contribution in [0.5, 0.6) is 5.75 Å². The van der Waals surface area contributed by atoms with Gasteiger partial charge in [0.2, 0.25) is 5.91 Å². The van der Waals surface area contributed by atoms with Crippen LogP contribution in [0.1, 0.15) is 28.4 Å². The molecule has 0 saturated carbocycles. The number of hydrogen-bond donors (Lipinski definition) is 1. The quantitative estimate of drug-likeness (QED) is 0.202. The third-order valence-corrected chi connectivity index (χ3v) is 7.35. The number of carbonyl (C=O) groups excluding carboxylic acids is 4. The second kappa shape index (κ2) is 13.2. The Bertz CT molecular complexity index is 1530. The second-order valence-corrected chi connectivity index (χ2v) is 10.5. The molecular weight excluding hydrogens is 599 g/mol. The number of ether oxygens (including phenoxy) is 2. The lowest BCUT2D eigenvalue weighted by atomic mass is 10.1. The lowest BCUT2D eigenvalue weighted by molar-refractivity contribution is -0.127. The van der Waals surface area contributed by atoms with Crippen LogP contribution in [-0.4, -0.2) is 41.1 Å². The highest BCUT2D eigenvalue weighted by atomic mass is 35.5. The van der Waals surface area contributed by atoms with Gasteiger partial charge in [0.1, 0.15) is 18.9 Å². The smallest absolute Gasteiger partial charge is 0.339 e. The Morgan fingerprint density at radius 3 is 2.52 bits per heavy atom. The first-order valence-corrected chi connectivity index (χ1v) is 13.8. The largest absolute Gasteiger partial charge is 0.488 e. The van der Waals surface area contributed by atoms with Crippen LogP contribution in [-0.2, 0) is 20.9 Å². The van der Waals surface area contributed by atoms with E-state index in [1.54, 1.807) is 49.4 Å². The maximum Gasteiger partial charge on any atom is 0.339 e. The van der Waals surface area contributed by atoms with E-state index in [1.165, 1.54) is 24.3 Å². The molecule has 1 heterocycles. The summed E-state index contributed by atoms with van der Waals surface area (Å²) < 4.78 is 10.9. The molecule has 3 aromatic carbocycles. The number of imide groups is 1. The number of amides is 3. The van der Waals surface area contributed by atoms with Crippen molar-refractivity contribution in [3.05, 3.63) is 97.3 Å². The Morgan fingerprint density at radius 1 is 1.00 bits per heavy atom. The van der Waals surface area contributed by atoms with E-state index in [-0.39, 0.29) is 34.4 Å². The van der Waals surface area contributed by atoms with Crippen LogP contribution in [0.2, 0.25) is 15.1 Å². The van der Waals surface area contributed by atoms with Gasteiger partial charge >= 0.3 is 5.97 Å². The van der Waals surface area contributed by atoms with Gasteiger partial charge in [0.15, 0.2) is 0 Å². The van der Waals surface area contributed by atoms with Crippen molar-refractivity contribution in [2.24, 2.45) is 0 Å². The first-order valence-electron chi connectivity index (χ1n) is 11.8. The summed E-state index contributed by atoms with van der Waals surface area (Å²) in [5, 5.41) is 3.10. The Kier molecular flexibility index (Phi) is 9.76. The van der Waals surface area contributed by atoms with Crippen molar-refractivity contribution in [1.29, 1.82) is 0 Å². The monoisotopic (exact) mass is 618 g/mol. The first kappa shape index (κ1) is 29.5. The molecule has 0 spiro atoms. The third-order valence-electron chi connectivity index (χ3n) is 5.52. The third kappa shape index (κ3) is 7.17. The Morgan fingerprint density at radius 2 is 1.77 bits per heavy atom. The molecule has 3 amide bonds. The lowest BCUT2D eigenvalue weighted by Crippen LogP contribution is -2.36.